The number of terminal acetylenes is 1. The van der Waals surface area contributed by atoms with Crippen LogP contribution in [0, 0.1) is 12.3 Å². The van der Waals surface area contributed by atoms with Crippen molar-refractivity contribution in [2.75, 3.05) is 0 Å². The van der Waals surface area contributed by atoms with Gasteiger partial charge in [0.15, 0.2) is 5.01 Å². The van der Waals surface area contributed by atoms with Crippen molar-refractivity contribution in [2.45, 2.75) is 0 Å². The van der Waals surface area contributed by atoms with E-state index < -0.39 is 0 Å². The van der Waals surface area contributed by atoms with Crippen molar-refractivity contribution < 1.29 is 0 Å². The summed E-state index contributed by atoms with van der Waals surface area (Å²) in [5.74, 6) is 2.46. The second-order valence-corrected chi connectivity index (χ2v) is 3.40. The first-order valence-electron chi connectivity index (χ1n) is 3.75. The van der Waals surface area contributed by atoms with Gasteiger partial charge in [0, 0.05) is 5.56 Å². The molecule has 2 rings (SSSR count). The normalized spacial score (nSPS) is 9.46. The van der Waals surface area contributed by atoms with Crippen LogP contribution in [0.25, 0.3) is 10.6 Å². The lowest BCUT2D eigenvalue weighted by Crippen LogP contribution is -1.74. The van der Waals surface area contributed by atoms with Crippen LogP contribution in [0.3, 0.4) is 0 Å². The molecule has 2 aromatic rings. The van der Waals surface area contributed by atoms with Gasteiger partial charge < -0.3 is 0 Å². The van der Waals surface area contributed by atoms with Crippen LogP contribution < -0.4 is 0 Å². The van der Waals surface area contributed by atoms with Gasteiger partial charge in [-0.05, 0) is 5.92 Å². The van der Waals surface area contributed by atoms with Crippen molar-refractivity contribution in [3.8, 4) is 22.9 Å². The molecule has 0 radical (unpaired) electrons. The van der Waals surface area contributed by atoms with Gasteiger partial charge in [-0.25, -0.2) is 0 Å². The fraction of sp³-hybridized carbons (Fsp3) is 0. The Morgan fingerprint density at radius 2 is 1.92 bits per heavy atom. The largest absolute Gasteiger partial charge is 0.191 e. The van der Waals surface area contributed by atoms with Crippen molar-refractivity contribution in [3.05, 3.63) is 35.3 Å². The topological polar surface area (TPSA) is 25.8 Å². The average Bonchev–Trinajstić information content (AvgIpc) is 2.67. The Hall–Kier alpha value is -1.66. The summed E-state index contributed by atoms with van der Waals surface area (Å²) in [5, 5.41) is 9.32. The minimum Gasteiger partial charge on any atom is -0.137 e. The van der Waals surface area contributed by atoms with Gasteiger partial charge in [-0.3, -0.25) is 0 Å². The lowest BCUT2D eigenvalue weighted by atomic mass is 10.2. The molecule has 1 aromatic carbocycles. The zero-order chi connectivity index (χ0) is 9.10. The molecular formula is C10H6N2S. The van der Waals surface area contributed by atoms with Crippen molar-refractivity contribution in [3.63, 3.8) is 0 Å². The van der Waals surface area contributed by atoms with E-state index in [1.165, 1.54) is 11.3 Å². The summed E-state index contributed by atoms with van der Waals surface area (Å²) in [5.41, 5.74) is 1.06. The SMILES string of the molecule is C#Cc1nnc(-c2ccccc2)s1. The maximum Gasteiger partial charge on any atom is 0.191 e. The maximum absolute atomic E-state index is 5.20. The van der Waals surface area contributed by atoms with Crippen LogP contribution in [-0.2, 0) is 0 Å². The molecule has 0 N–H and O–H groups in total. The van der Waals surface area contributed by atoms with E-state index in [1.54, 1.807) is 0 Å². The lowest BCUT2D eigenvalue weighted by molar-refractivity contribution is 1.08. The van der Waals surface area contributed by atoms with Gasteiger partial charge in [-0.2, -0.15) is 0 Å². The third-order valence-electron chi connectivity index (χ3n) is 1.57. The molecule has 2 nitrogen and oxygen atoms in total. The number of benzene rings is 1. The van der Waals surface area contributed by atoms with E-state index in [2.05, 4.69) is 16.1 Å². The van der Waals surface area contributed by atoms with Crippen LogP contribution >= 0.6 is 11.3 Å². The maximum atomic E-state index is 5.20. The smallest absolute Gasteiger partial charge is 0.137 e. The Morgan fingerprint density at radius 1 is 1.15 bits per heavy atom. The van der Waals surface area contributed by atoms with Crippen LogP contribution in [0.15, 0.2) is 30.3 Å². The van der Waals surface area contributed by atoms with Crippen molar-refractivity contribution >= 4 is 11.3 Å². The second-order valence-electron chi connectivity index (χ2n) is 2.42. The summed E-state index contributed by atoms with van der Waals surface area (Å²) < 4.78 is 0. The summed E-state index contributed by atoms with van der Waals surface area (Å²) in [6.45, 7) is 0. The quantitative estimate of drug-likeness (QED) is 0.638. The minimum atomic E-state index is 0.624. The average molecular weight is 186 g/mol. The molecule has 1 heterocycles. The molecule has 0 amide bonds. The molecule has 0 saturated carbocycles. The first kappa shape index (κ1) is 7.96. The molecule has 62 valence electrons. The van der Waals surface area contributed by atoms with Gasteiger partial charge in [-0.15, -0.1) is 16.6 Å². The third kappa shape index (κ3) is 1.58. The molecule has 1 aromatic heterocycles. The summed E-state index contributed by atoms with van der Waals surface area (Å²) in [7, 11) is 0. The molecule has 0 spiro atoms. The molecule has 0 atom stereocenters. The van der Waals surface area contributed by atoms with Gasteiger partial charge in [0.25, 0.3) is 0 Å². The lowest BCUT2D eigenvalue weighted by Gasteiger charge is -1.90. The van der Waals surface area contributed by atoms with E-state index in [0.29, 0.717) is 5.01 Å². The van der Waals surface area contributed by atoms with E-state index in [0.717, 1.165) is 10.6 Å². The summed E-state index contributed by atoms with van der Waals surface area (Å²) in [6, 6.07) is 9.87. The highest BCUT2D eigenvalue weighted by atomic mass is 32.1. The fourth-order valence-electron chi connectivity index (χ4n) is 0.979. The molecule has 3 heteroatoms. The van der Waals surface area contributed by atoms with Crippen molar-refractivity contribution in [1.29, 1.82) is 0 Å². The highest BCUT2D eigenvalue weighted by molar-refractivity contribution is 7.15. The van der Waals surface area contributed by atoms with Crippen molar-refractivity contribution in [2.24, 2.45) is 0 Å². The van der Waals surface area contributed by atoms with Crippen molar-refractivity contribution in [1.82, 2.24) is 10.2 Å². The predicted octanol–water partition coefficient (Wildman–Crippen LogP) is 2.19. The standard InChI is InChI=1S/C10H6N2S/c1-2-9-11-12-10(13-9)8-6-4-3-5-7-8/h1,3-7H. The molecule has 0 unspecified atom stereocenters. The molecule has 0 aliphatic heterocycles. The van der Waals surface area contributed by atoms with Crippen LogP contribution in [0.5, 0.6) is 0 Å². The summed E-state index contributed by atoms with van der Waals surface area (Å²) in [6.07, 6.45) is 5.20. The van der Waals surface area contributed by atoms with Crippen LogP contribution in [-0.4, -0.2) is 10.2 Å². The Balaban J connectivity index is 2.43. The molecule has 0 saturated heterocycles. The summed E-state index contributed by atoms with van der Waals surface area (Å²) in [4.78, 5) is 0. The first-order valence-corrected chi connectivity index (χ1v) is 4.57. The van der Waals surface area contributed by atoms with Gasteiger partial charge in [0.1, 0.15) is 5.01 Å². The van der Waals surface area contributed by atoms with Crippen LogP contribution in [0.1, 0.15) is 5.01 Å². The number of hydrogen-bond donors (Lipinski definition) is 0. The molecule has 0 fully saturated rings. The fourth-order valence-corrected chi connectivity index (χ4v) is 1.64. The third-order valence-corrected chi connectivity index (χ3v) is 2.47. The number of nitrogens with zero attached hydrogens (tertiary/aromatic N) is 2. The van der Waals surface area contributed by atoms with E-state index in [-0.39, 0.29) is 0 Å². The van der Waals surface area contributed by atoms with Crippen LogP contribution in [0.2, 0.25) is 0 Å². The summed E-state index contributed by atoms with van der Waals surface area (Å²) >= 11 is 1.43. The van der Waals surface area contributed by atoms with Gasteiger partial charge in [0.2, 0.25) is 0 Å². The Morgan fingerprint density at radius 3 is 2.54 bits per heavy atom. The zero-order valence-corrected chi connectivity index (χ0v) is 7.58. The minimum absolute atomic E-state index is 0.624. The molecule has 0 aliphatic carbocycles. The molecular weight excluding hydrogens is 180 g/mol. The Labute approximate surface area is 80.3 Å². The first-order chi connectivity index (χ1) is 6.40. The predicted molar refractivity (Wildman–Crippen MR) is 53.3 cm³/mol. The number of aromatic nitrogens is 2. The zero-order valence-electron chi connectivity index (χ0n) is 6.77. The Bertz CT molecular complexity index is 439. The molecule has 13 heavy (non-hydrogen) atoms. The number of hydrogen-bond acceptors (Lipinski definition) is 3. The highest BCUT2D eigenvalue weighted by Gasteiger charge is 2.02. The number of rotatable bonds is 1. The highest BCUT2D eigenvalue weighted by Crippen LogP contribution is 2.21. The second kappa shape index (κ2) is 3.38. The van der Waals surface area contributed by atoms with Gasteiger partial charge in [0.05, 0.1) is 0 Å². The van der Waals surface area contributed by atoms with Gasteiger partial charge in [-0.1, -0.05) is 41.7 Å². The van der Waals surface area contributed by atoms with Gasteiger partial charge >= 0.3 is 0 Å². The Kier molecular flexibility index (Phi) is 2.07. The van der Waals surface area contributed by atoms with E-state index in [9.17, 15) is 0 Å². The van der Waals surface area contributed by atoms with E-state index in [4.69, 9.17) is 6.42 Å². The van der Waals surface area contributed by atoms with E-state index >= 15 is 0 Å². The van der Waals surface area contributed by atoms with E-state index in [1.807, 2.05) is 30.3 Å². The monoisotopic (exact) mass is 186 g/mol. The van der Waals surface area contributed by atoms with Crippen LogP contribution in [0.4, 0.5) is 0 Å². The molecule has 0 bridgehead atoms. The molecule has 0 aliphatic rings.